The molecule has 1 saturated heterocycles. The Balaban J connectivity index is 1.40. The Labute approximate surface area is 171 Å². The minimum Gasteiger partial charge on any atom is -0.467 e. The van der Waals surface area contributed by atoms with Crippen LogP contribution in [-0.4, -0.2) is 47.5 Å². The largest absolute Gasteiger partial charge is 0.467 e. The molecule has 7 heteroatoms. The van der Waals surface area contributed by atoms with Crippen molar-refractivity contribution >= 4 is 17.7 Å². The van der Waals surface area contributed by atoms with Gasteiger partial charge in [-0.3, -0.25) is 14.4 Å². The molecule has 1 spiro atoms. The smallest absolute Gasteiger partial charge is 0.258 e. The normalized spacial score (nSPS) is 25.1. The number of nitrogens with zero attached hydrogens (tertiary/aromatic N) is 1. The summed E-state index contributed by atoms with van der Waals surface area (Å²) in [5.41, 5.74) is 0.614. The zero-order valence-electron chi connectivity index (χ0n) is 17.0. The van der Waals surface area contributed by atoms with Crippen LogP contribution in [-0.2, 0) is 9.59 Å². The van der Waals surface area contributed by atoms with Crippen LogP contribution in [0.3, 0.4) is 0 Å². The second kappa shape index (κ2) is 8.05. The molecular formula is C22H29N3O4. The summed E-state index contributed by atoms with van der Waals surface area (Å²) in [4.78, 5) is 39.3. The summed E-state index contributed by atoms with van der Waals surface area (Å²) in [6.07, 6.45) is 6.64. The van der Waals surface area contributed by atoms with Gasteiger partial charge in [0.05, 0.1) is 12.1 Å². The Kier molecular flexibility index (Phi) is 5.48. The monoisotopic (exact) mass is 399 g/mol. The molecule has 1 aromatic rings. The van der Waals surface area contributed by atoms with Crippen LogP contribution in [0.15, 0.2) is 18.2 Å². The maximum atomic E-state index is 12.6. The molecule has 0 unspecified atom stereocenters. The van der Waals surface area contributed by atoms with Crippen LogP contribution in [0, 0.1) is 6.92 Å². The van der Waals surface area contributed by atoms with Crippen molar-refractivity contribution in [3.05, 3.63) is 29.3 Å². The van der Waals surface area contributed by atoms with Gasteiger partial charge < -0.3 is 20.3 Å². The van der Waals surface area contributed by atoms with E-state index in [1.165, 1.54) is 6.42 Å². The number of nitrogens with one attached hydrogen (secondary N) is 2. The van der Waals surface area contributed by atoms with Crippen molar-refractivity contribution in [3.8, 4) is 5.75 Å². The Hall–Kier alpha value is -2.57. The number of hydrogen-bond donors (Lipinski definition) is 2. The van der Waals surface area contributed by atoms with E-state index in [2.05, 4.69) is 10.6 Å². The van der Waals surface area contributed by atoms with Crippen LogP contribution in [0.2, 0.25) is 0 Å². The second-order valence-corrected chi connectivity index (χ2v) is 8.52. The van der Waals surface area contributed by atoms with Crippen molar-refractivity contribution < 1.29 is 19.1 Å². The Morgan fingerprint density at radius 3 is 2.83 bits per heavy atom. The number of carbonyl (C=O) groups is 3. The van der Waals surface area contributed by atoms with E-state index in [0.717, 1.165) is 31.2 Å². The van der Waals surface area contributed by atoms with Gasteiger partial charge in [-0.25, -0.2) is 0 Å². The summed E-state index contributed by atoms with van der Waals surface area (Å²) >= 11 is 0. The third-order valence-corrected chi connectivity index (χ3v) is 6.21. The maximum Gasteiger partial charge on any atom is 0.258 e. The average Bonchev–Trinajstić information content (AvgIpc) is 2.84. The molecular weight excluding hydrogens is 370 g/mol. The number of fused-ring (bicyclic) bond motifs is 1. The van der Waals surface area contributed by atoms with E-state index in [9.17, 15) is 14.4 Å². The molecule has 3 aliphatic rings. The molecule has 1 aliphatic carbocycles. The zero-order chi connectivity index (χ0) is 20.4. The van der Waals surface area contributed by atoms with Gasteiger partial charge in [0.15, 0.2) is 5.72 Å². The highest BCUT2D eigenvalue weighted by molar-refractivity contribution is 5.98. The minimum absolute atomic E-state index is 0.0646. The van der Waals surface area contributed by atoms with Gasteiger partial charge in [-0.2, -0.15) is 0 Å². The molecule has 0 aromatic heterocycles. The van der Waals surface area contributed by atoms with Crippen molar-refractivity contribution in [1.29, 1.82) is 0 Å². The van der Waals surface area contributed by atoms with E-state index in [1.807, 2.05) is 19.1 Å². The molecule has 2 fully saturated rings. The lowest BCUT2D eigenvalue weighted by molar-refractivity contribution is -0.135. The maximum absolute atomic E-state index is 12.6. The molecule has 4 rings (SSSR count). The first-order chi connectivity index (χ1) is 13.9. The summed E-state index contributed by atoms with van der Waals surface area (Å²) in [6, 6.07) is 5.76. The first-order valence-corrected chi connectivity index (χ1v) is 10.6. The quantitative estimate of drug-likeness (QED) is 0.816. The minimum atomic E-state index is -0.899. The van der Waals surface area contributed by atoms with E-state index in [1.54, 1.807) is 11.0 Å². The first kappa shape index (κ1) is 19.7. The topological polar surface area (TPSA) is 87.7 Å². The van der Waals surface area contributed by atoms with Crippen LogP contribution in [0.1, 0.15) is 67.3 Å². The lowest BCUT2D eigenvalue weighted by atomic mass is 9.95. The average molecular weight is 399 g/mol. The van der Waals surface area contributed by atoms with Crippen molar-refractivity contribution in [3.63, 3.8) is 0 Å². The van der Waals surface area contributed by atoms with Crippen LogP contribution < -0.4 is 15.4 Å². The highest BCUT2D eigenvalue weighted by Crippen LogP contribution is 2.34. The summed E-state index contributed by atoms with van der Waals surface area (Å²) in [6.45, 7) is 2.37. The van der Waals surface area contributed by atoms with E-state index < -0.39 is 5.72 Å². The molecule has 156 valence electrons. The summed E-state index contributed by atoms with van der Waals surface area (Å²) in [7, 11) is 0. The van der Waals surface area contributed by atoms with Gasteiger partial charge in [0.25, 0.3) is 5.91 Å². The van der Waals surface area contributed by atoms with E-state index >= 15 is 0 Å². The van der Waals surface area contributed by atoms with E-state index in [4.69, 9.17) is 4.74 Å². The van der Waals surface area contributed by atoms with Crippen LogP contribution in [0.5, 0.6) is 5.75 Å². The highest BCUT2D eigenvalue weighted by atomic mass is 16.5. The van der Waals surface area contributed by atoms with Gasteiger partial charge in [-0.05, 0) is 31.9 Å². The second-order valence-electron chi connectivity index (χ2n) is 8.52. The fourth-order valence-corrected chi connectivity index (χ4v) is 4.54. The Morgan fingerprint density at radius 2 is 2.03 bits per heavy atom. The Bertz CT molecular complexity index is 818. The fraction of sp³-hybridized carbons (Fsp3) is 0.591. The van der Waals surface area contributed by atoms with Crippen LogP contribution >= 0.6 is 0 Å². The predicted molar refractivity (Wildman–Crippen MR) is 107 cm³/mol. The standard InChI is InChI=1S/C22H29N3O4/c1-15-7-8-18-17(13-15)21(28)24-22(29-18)10-9-20(27)25(12-11-22)14-19(26)23-16-5-3-2-4-6-16/h7-8,13,16H,2-6,9-12,14H2,1H3,(H,23,26)(H,24,28)/t22-/m1/s1. The zero-order valence-corrected chi connectivity index (χ0v) is 17.0. The molecule has 1 aromatic carbocycles. The van der Waals surface area contributed by atoms with Crippen molar-refractivity contribution in [2.75, 3.05) is 13.1 Å². The van der Waals surface area contributed by atoms with E-state index in [-0.39, 0.29) is 36.7 Å². The van der Waals surface area contributed by atoms with Gasteiger partial charge >= 0.3 is 0 Å². The van der Waals surface area contributed by atoms with Crippen molar-refractivity contribution in [1.82, 2.24) is 15.5 Å². The third-order valence-electron chi connectivity index (χ3n) is 6.21. The number of carbonyl (C=O) groups excluding carboxylic acids is 3. The summed E-state index contributed by atoms with van der Waals surface area (Å²) in [5.74, 6) is 0.199. The van der Waals surface area contributed by atoms with Gasteiger partial charge in [-0.1, -0.05) is 30.9 Å². The molecule has 1 saturated carbocycles. The predicted octanol–water partition coefficient (Wildman–Crippen LogP) is 2.27. The molecule has 0 bridgehead atoms. The van der Waals surface area contributed by atoms with Crippen LogP contribution in [0.4, 0.5) is 0 Å². The van der Waals surface area contributed by atoms with Gasteiger partial charge in [0.2, 0.25) is 11.8 Å². The fourth-order valence-electron chi connectivity index (χ4n) is 4.54. The van der Waals surface area contributed by atoms with Gasteiger partial charge in [0, 0.05) is 31.8 Å². The van der Waals surface area contributed by atoms with Gasteiger partial charge in [-0.15, -0.1) is 0 Å². The van der Waals surface area contributed by atoms with Crippen molar-refractivity contribution in [2.45, 2.75) is 70.1 Å². The molecule has 0 radical (unpaired) electrons. The molecule has 29 heavy (non-hydrogen) atoms. The number of rotatable bonds is 3. The molecule has 1 atom stereocenters. The van der Waals surface area contributed by atoms with Crippen LogP contribution in [0.25, 0.3) is 0 Å². The van der Waals surface area contributed by atoms with Crippen molar-refractivity contribution in [2.24, 2.45) is 0 Å². The van der Waals surface area contributed by atoms with Gasteiger partial charge in [0.1, 0.15) is 5.75 Å². The number of hydrogen-bond acceptors (Lipinski definition) is 4. The van der Waals surface area contributed by atoms with E-state index in [0.29, 0.717) is 30.7 Å². The molecule has 2 N–H and O–H groups in total. The number of likely N-dealkylation sites (tertiary alicyclic amines) is 1. The molecule has 2 aliphatic heterocycles. The summed E-state index contributed by atoms with van der Waals surface area (Å²) in [5, 5.41) is 6.04. The number of amides is 3. The number of aryl methyl sites for hydroxylation is 1. The lowest BCUT2D eigenvalue weighted by Gasteiger charge is -2.38. The molecule has 3 amide bonds. The third kappa shape index (κ3) is 4.38. The molecule has 2 heterocycles. The number of benzene rings is 1. The first-order valence-electron chi connectivity index (χ1n) is 10.6. The molecule has 7 nitrogen and oxygen atoms in total. The summed E-state index contributed by atoms with van der Waals surface area (Å²) < 4.78 is 6.18. The lowest BCUT2D eigenvalue weighted by Crippen LogP contribution is -2.56. The Morgan fingerprint density at radius 1 is 1.24 bits per heavy atom. The SMILES string of the molecule is Cc1ccc2c(c1)C(=O)N[C@]1(CCC(=O)N(CC(=O)NC3CCCCC3)CC1)O2. The highest BCUT2D eigenvalue weighted by Gasteiger charge is 2.42. The number of ether oxygens (including phenoxy) is 1.